The molecule has 2 aromatic rings. The van der Waals surface area contributed by atoms with Gasteiger partial charge in [-0.2, -0.15) is 13.2 Å². The third-order valence-corrected chi connectivity index (χ3v) is 5.55. The van der Waals surface area contributed by atoms with E-state index in [0.717, 1.165) is 28.8 Å². The smallest absolute Gasteiger partial charge is 0.416 e. The van der Waals surface area contributed by atoms with Crippen LogP contribution >= 0.6 is 0 Å². The molecular formula is C23H27F3N2O2. The number of carbonyl (C=O) groups is 1. The molecule has 1 amide bonds. The molecule has 0 bridgehead atoms. The summed E-state index contributed by atoms with van der Waals surface area (Å²) < 4.78 is 44.8. The van der Waals surface area contributed by atoms with Gasteiger partial charge in [-0.25, -0.2) is 0 Å². The summed E-state index contributed by atoms with van der Waals surface area (Å²) in [4.78, 5) is 16.4. The van der Waals surface area contributed by atoms with Crippen LogP contribution in [0.1, 0.15) is 29.2 Å². The van der Waals surface area contributed by atoms with Crippen LogP contribution in [0.2, 0.25) is 0 Å². The van der Waals surface area contributed by atoms with Crippen molar-refractivity contribution in [2.24, 2.45) is 0 Å². The van der Waals surface area contributed by atoms with Crippen molar-refractivity contribution >= 4 is 11.6 Å². The third-order valence-electron chi connectivity index (χ3n) is 5.55. The molecule has 4 nitrogen and oxygen atoms in total. The van der Waals surface area contributed by atoms with Crippen LogP contribution in [-0.4, -0.2) is 43.1 Å². The Balaban J connectivity index is 1.62. The number of rotatable bonds is 4. The fourth-order valence-electron chi connectivity index (χ4n) is 3.69. The van der Waals surface area contributed by atoms with Crippen LogP contribution in [0.5, 0.6) is 5.75 Å². The highest BCUT2D eigenvalue weighted by molar-refractivity contribution is 5.81. The number of alkyl halides is 3. The summed E-state index contributed by atoms with van der Waals surface area (Å²) in [6.45, 7) is 9.52. The minimum absolute atomic E-state index is 0.114. The Morgan fingerprint density at radius 2 is 1.70 bits per heavy atom. The number of nitrogens with zero attached hydrogens (tertiary/aromatic N) is 2. The average molecular weight is 420 g/mol. The molecule has 1 unspecified atom stereocenters. The van der Waals surface area contributed by atoms with Gasteiger partial charge < -0.3 is 14.5 Å². The van der Waals surface area contributed by atoms with Crippen molar-refractivity contribution in [3.8, 4) is 5.75 Å². The summed E-state index contributed by atoms with van der Waals surface area (Å²) in [5.74, 6) is 0.591. The zero-order valence-electron chi connectivity index (χ0n) is 17.7. The van der Waals surface area contributed by atoms with Gasteiger partial charge in [0.25, 0.3) is 5.91 Å². The van der Waals surface area contributed by atoms with E-state index >= 15 is 0 Å². The van der Waals surface area contributed by atoms with Gasteiger partial charge in [-0.05, 0) is 68.7 Å². The third kappa shape index (κ3) is 4.89. The van der Waals surface area contributed by atoms with E-state index < -0.39 is 17.8 Å². The Hall–Kier alpha value is -2.70. The predicted molar refractivity (Wildman–Crippen MR) is 111 cm³/mol. The van der Waals surface area contributed by atoms with Crippen LogP contribution in [0.25, 0.3) is 0 Å². The van der Waals surface area contributed by atoms with Gasteiger partial charge in [-0.15, -0.1) is 0 Å². The van der Waals surface area contributed by atoms with Crippen molar-refractivity contribution in [2.75, 3.05) is 31.1 Å². The number of anilines is 1. The molecule has 0 aliphatic carbocycles. The van der Waals surface area contributed by atoms with Gasteiger partial charge in [0.2, 0.25) is 0 Å². The molecule has 0 N–H and O–H groups in total. The molecule has 0 spiro atoms. The standard InChI is InChI=1S/C23H27F3N2O2/c1-15-12-16(2)17(3)21(13-15)30-18(4)22(29)28-10-8-27(9-11-28)20-7-5-6-19(14-20)23(24,25)26/h5-7,12-14,18H,8-11H2,1-4H3. The maximum absolute atomic E-state index is 13.0. The second-order valence-electron chi connectivity index (χ2n) is 7.83. The Morgan fingerprint density at radius 3 is 2.33 bits per heavy atom. The van der Waals surface area contributed by atoms with E-state index in [1.54, 1.807) is 17.9 Å². The monoisotopic (exact) mass is 420 g/mol. The minimum Gasteiger partial charge on any atom is -0.481 e. The highest BCUT2D eigenvalue weighted by Gasteiger charge is 2.32. The van der Waals surface area contributed by atoms with Gasteiger partial charge in [0.1, 0.15) is 5.75 Å². The highest BCUT2D eigenvalue weighted by atomic mass is 19.4. The van der Waals surface area contributed by atoms with Crippen LogP contribution in [0.4, 0.5) is 18.9 Å². The number of hydrogen-bond acceptors (Lipinski definition) is 3. The molecule has 1 heterocycles. The fourth-order valence-corrected chi connectivity index (χ4v) is 3.69. The van der Waals surface area contributed by atoms with Crippen molar-refractivity contribution in [3.63, 3.8) is 0 Å². The van der Waals surface area contributed by atoms with Gasteiger partial charge in [0.15, 0.2) is 6.10 Å². The molecule has 0 saturated carbocycles. The van der Waals surface area contributed by atoms with Gasteiger partial charge in [-0.3, -0.25) is 4.79 Å². The Kier molecular flexibility index (Phi) is 6.29. The van der Waals surface area contributed by atoms with E-state index in [9.17, 15) is 18.0 Å². The van der Waals surface area contributed by atoms with E-state index in [1.165, 1.54) is 6.07 Å². The summed E-state index contributed by atoms with van der Waals surface area (Å²) in [5, 5.41) is 0. The molecule has 7 heteroatoms. The van der Waals surface area contributed by atoms with Gasteiger partial charge in [-0.1, -0.05) is 12.1 Å². The maximum Gasteiger partial charge on any atom is 0.416 e. The van der Waals surface area contributed by atoms with E-state index in [0.29, 0.717) is 37.6 Å². The number of amides is 1. The maximum atomic E-state index is 13.0. The molecule has 1 saturated heterocycles. The molecule has 30 heavy (non-hydrogen) atoms. The molecule has 162 valence electrons. The lowest BCUT2D eigenvalue weighted by Crippen LogP contribution is -2.52. The summed E-state index contributed by atoms with van der Waals surface area (Å²) >= 11 is 0. The molecule has 1 aliphatic heterocycles. The van der Waals surface area contributed by atoms with Crippen molar-refractivity contribution in [1.82, 2.24) is 4.90 Å². The van der Waals surface area contributed by atoms with Crippen LogP contribution in [0.15, 0.2) is 36.4 Å². The molecule has 2 aromatic carbocycles. The fraction of sp³-hybridized carbons (Fsp3) is 0.435. The molecule has 0 aromatic heterocycles. The van der Waals surface area contributed by atoms with Crippen LogP contribution in [-0.2, 0) is 11.0 Å². The van der Waals surface area contributed by atoms with Gasteiger partial charge in [0.05, 0.1) is 5.56 Å². The van der Waals surface area contributed by atoms with Crippen molar-refractivity contribution in [2.45, 2.75) is 40.0 Å². The van der Waals surface area contributed by atoms with E-state index in [-0.39, 0.29) is 5.91 Å². The van der Waals surface area contributed by atoms with E-state index in [2.05, 4.69) is 6.07 Å². The Morgan fingerprint density at radius 1 is 1.03 bits per heavy atom. The SMILES string of the molecule is Cc1cc(C)c(C)c(OC(C)C(=O)N2CCN(c3cccc(C(F)(F)F)c3)CC2)c1. The minimum atomic E-state index is -4.37. The number of benzene rings is 2. The summed E-state index contributed by atoms with van der Waals surface area (Å²) in [6, 6.07) is 9.31. The zero-order valence-corrected chi connectivity index (χ0v) is 17.7. The number of hydrogen-bond donors (Lipinski definition) is 0. The first kappa shape index (κ1) is 22.0. The Bertz CT molecular complexity index is 919. The summed E-state index contributed by atoms with van der Waals surface area (Å²) in [6.07, 6.45) is -5.00. The lowest BCUT2D eigenvalue weighted by molar-refractivity contribution is -0.138. The first-order chi connectivity index (χ1) is 14.1. The van der Waals surface area contributed by atoms with Crippen LogP contribution < -0.4 is 9.64 Å². The van der Waals surface area contributed by atoms with E-state index in [1.807, 2.05) is 31.7 Å². The quantitative estimate of drug-likeness (QED) is 0.716. The second kappa shape index (κ2) is 8.58. The lowest BCUT2D eigenvalue weighted by Gasteiger charge is -2.37. The molecular weight excluding hydrogens is 393 g/mol. The number of carbonyl (C=O) groups excluding carboxylic acids is 1. The molecule has 1 aliphatic rings. The molecule has 1 fully saturated rings. The molecule has 3 rings (SSSR count). The lowest BCUT2D eigenvalue weighted by atomic mass is 10.1. The van der Waals surface area contributed by atoms with Crippen molar-refractivity contribution in [1.29, 1.82) is 0 Å². The molecule has 0 radical (unpaired) electrons. The average Bonchev–Trinajstić information content (AvgIpc) is 2.70. The van der Waals surface area contributed by atoms with Gasteiger partial charge >= 0.3 is 6.18 Å². The topological polar surface area (TPSA) is 32.8 Å². The zero-order chi connectivity index (χ0) is 22.1. The first-order valence-electron chi connectivity index (χ1n) is 10.0. The van der Waals surface area contributed by atoms with Gasteiger partial charge in [0, 0.05) is 31.9 Å². The second-order valence-corrected chi connectivity index (χ2v) is 7.83. The number of aryl methyl sites for hydroxylation is 2. The number of piperazine rings is 1. The largest absolute Gasteiger partial charge is 0.481 e. The Labute approximate surface area is 175 Å². The van der Waals surface area contributed by atoms with E-state index in [4.69, 9.17) is 4.74 Å². The van der Waals surface area contributed by atoms with Crippen LogP contribution in [0.3, 0.4) is 0 Å². The first-order valence-corrected chi connectivity index (χ1v) is 10.0. The summed E-state index contributed by atoms with van der Waals surface area (Å²) in [7, 11) is 0. The predicted octanol–water partition coefficient (Wildman–Crippen LogP) is 4.75. The number of halogens is 3. The normalized spacial score (nSPS) is 15.8. The number of ether oxygens (including phenoxy) is 1. The van der Waals surface area contributed by atoms with Crippen molar-refractivity contribution in [3.05, 3.63) is 58.7 Å². The molecule has 1 atom stereocenters. The highest BCUT2D eigenvalue weighted by Crippen LogP contribution is 2.32. The van der Waals surface area contributed by atoms with Crippen molar-refractivity contribution < 1.29 is 22.7 Å². The summed E-state index contributed by atoms with van der Waals surface area (Å²) in [5.41, 5.74) is 3.05. The van der Waals surface area contributed by atoms with Crippen LogP contribution in [0, 0.1) is 20.8 Å².